The summed E-state index contributed by atoms with van der Waals surface area (Å²) in [4.78, 5) is 14.6. The number of nitrogens with one attached hydrogen (secondary N) is 1. The summed E-state index contributed by atoms with van der Waals surface area (Å²) in [5, 5.41) is 4.64. The number of likely N-dealkylation sites (tertiary alicyclic amines) is 1. The van der Waals surface area contributed by atoms with Gasteiger partial charge in [-0.25, -0.2) is 0 Å². The lowest BCUT2D eigenvalue weighted by Crippen LogP contribution is -2.47. The average Bonchev–Trinajstić information content (AvgIpc) is 3.13. The van der Waals surface area contributed by atoms with E-state index in [2.05, 4.69) is 51.2 Å². The van der Waals surface area contributed by atoms with E-state index >= 15 is 0 Å². The largest absolute Gasteiger partial charge is 0.494 e. The molecule has 2 unspecified atom stereocenters. The fourth-order valence-corrected chi connectivity index (χ4v) is 5.32. The highest BCUT2D eigenvalue weighted by Crippen LogP contribution is 2.40. The van der Waals surface area contributed by atoms with E-state index in [0.29, 0.717) is 12.6 Å². The highest BCUT2D eigenvalue weighted by Gasteiger charge is 2.35. The number of benzene rings is 2. The van der Waals surface area contributed by atoms with E-state index in [1.54, 1.807) is 0 Å². The highest BCUT2D eigenvalue weighted by atomic mass is 35.5. The van der Waals surface area contributed by atoms with Gasteiger partial charge in [-0.15, -0.1) is 12.4 Å². The van der Waals surface area contributed by atoms with Gasteiger partial charge in [-0.2, -0.15) is 0 Å². The minimum absolute atomic E-state index is 0. The van der Waals surface area contributed by atoms with Crippen LogP contribution in [0.4, 0.5) is 0 Å². The summed E-state index contributed by atoms with van der Waals surface area (Å²) in [6.07, 6.45) is 4.79. The molecule has 31 heavy (non-hydrogen) atoms. The normalized spacial score (nSPS) is 21.3. The molecule has 2 aliphatic heterocycles. The van der Waals surface area contributed by atoms with Gasteiger partial charge in [-0.1, -0.05) is 36.8 Å². The fourth-order valence-electron chi connectivity index (χ4n) is 5.32. The summed E-state index contributed by atoms with van der Waals surface area (Å²) in [6, 6.07) is 17.2. The molecule has 1 aromatic heterocycles. The molecule has 2 atom stereocenters. The molecule has 6 heteroatoms. The molecule has 2 aliphatic rings. The molecule has 0 saturated carbocycles. The van der Waals surface area contributed by atoms with Crippen molar-refractivity contribution in [1.29, 1.82) is 0 Å². The molecule has 1 fully saturated rings. The zero-order chi connectivity index (χ0) is 20.5. The van der Waals surface area contributed by atoms with E-state index in [4.69, 9.17) is 4.74 Å². The summed E-state index contributed by atoms with van der Waals surface area (Å²) in [7, 11) is 0. The predicted molar refractivity (Wildman–Crippen MR) is 126 cm³/mol. The second-order valence-electron chi connectivity index (χ2n) is 8.23. The van der Waals surface area contributed by atoms with Crippen LogP contribution in [-0.4, -0.2) is 35.4 Å². The van der Waals surface area contributed by atoms with Crippen LogP contribution in [-0.2, 0) is 6.54 Å². The average molecular weight is 440 g/mol. The molecule has 0 radical (unpaired) electrons. The third kappa shape index (κ3) is 3.86. The van der Waals surface area contributed by atoms with Crippen LogP contribution in [0.1, 0.15) is 60.0 Å². The van der Waals surface area contributed by atoms with Crippen molar-refractivity contribution in [1.82, 2.24) is 14.8 Å². The fraction of sp³-hybridized carbons (Fsp3) is 0.400. The number of aromatic nitrogens is 1. The number of carbonyl (C=O) groups excluding carboxylic acids is 1. The first-order valence-corrected chi connectivity index (χ1v) is 11.1. The van der Waals surface area contributed by atoms with Gasteiger partial charge < -0.3 is 14.6 Å². The van der Waals surface area contributed by atoms with Gasteiger partial charge in [-0.05, 0) is 43.5 Å². The third-order valence-electron chi connectivity index (χ3n) is 6.57. The van der Waals surface area contributed by atoms with Crippen LogP contribution in [0.15, 0.2) is 48.5 Å². The van der Waals surface area contributed by atoms with Gasteiger partial charge in [0.25, 0.3) is 0 Å². The van der Waals surface area contributed by atoms with Gasteiger partial charge in [0.15, 0.2) is 6.29 Å². The SMILES string of the molecule is CCOc1cccc(C2CCCCN2C2CNCc3c(C=O)c4ccccc4n32)c1.Cl. The summed E-state index contributed by atoms with van der Waals surface area (Å²) < 4.78 is 8.19. The van der Waals surface area contributed by atoms with Crippen LogP contribution in [0.5, 0.6) is 5.75 Å². The Labute approximate surface area is 189 Å². The van der Waals surface area contributed by atoms with Crippen molar-refractivity contribution >= 4 is 29.6 Å². The van der Waals surface area contributed by atoms with Crippen molar-refractivity contribution in [3.8, 4) is 5.75 Å². The van der Waals surface area contributed by atoms with Gasteiger partial charge in [0.05, 0.1) is 18.3 Å². The number of carbonyl (C=O) groups is 1. The molecule has 3 aromatic rings. The van der Waals surface area contributed by atoms with Gasteiger partial charge in [0.2, 0.25) is 0 Å². The van der Waals surface area contributed by atoms with Crippen molar-refractivity contribution in [2.24, 2.45) is 0 Å². The Morgan fingerprint density at radius 1 is 1.16 bits per heavy atom. The summed E-state index contributed by atoms with van der Waals surface area (Å²) in [5.41, 5.74) is 4.41. The Hall–Kier alpha value is -2.34. The van der Waals surface area contributed by atoms with Gasteiger partial charge in [-0.3, -0.25) is 9.69 Å². The Balaban J connectivity index is 0.00000231. The van der Waals surface area contributed by atoms with Crippen LogP contribution >= 0.6 is 12.4 Å². The maximum absolute atomic E-state index is 12.0. The van der Waals surface area contributed by atoms with E-state index < -0.39 is 0 Å². The molecule has 3 heterocycles. The van der Waals surface area contributed by atoms with Crippen molar-refractivity contribution in [2.75, 3.05) is 19.7 Å². The lowest BCUT2D eigenvalue weighted by Gasteiger charge is -2.44. The van der Waals surface area contributed by atoms with Crippen LogP contribution in [0, 0.1) is 0 Å². The standard InChI is InChI=1S/C25H29N3O2.ClH/c1-2-30-19-9-7-8-18(14-19)22-11-5-6-13-27(22)25-16-26-15-24-21(17-29)20-10-3-4-12-23(20)28(24)25;/h3-4,7-10,12,14,17,22,25-26H,2,5-6,11,13,15-16H2,1H3;1H. The Bertz CT molecular complexity index is 1060. The molecular formula is C25H30ClN3O2. The van der Waals surface area contributed by atoms with Crippen molar-refractivity contribution in [3.05, 3.63) is 65.4 Å². The van der Waals surface area contributed by atoms with E-state index in [0.717, 1.165) is 60.3 Å². The number of halogens is 1. The zero-order valence-corrected chi connectivity index (χ0v) is 18.7. The molecule has 5 rings (SSSR count). The highest BCUT2D eigenvalue weighted by molar-refractivity contribution is 5.99. The third-order valence-corrected chi connectivity index (χ3v) is 6.57. The van der Waals surface area contributed by atoms with Crippen LogP contribution < -0.4 is 10.1 Å². The monoisotopic (exact) mass is 439 g/mol. The van der Waals surface area contributed by atoms with Crippen LogP contribution in [0.25, 0.3) is 10.9 Å². The molecule has 5 nitrogen and oxygen atoms in total. The molecule has 2 aromatic carbocycles. The van der Waals surface area contributed by atoms with Gasteiger partial charge in [0, 0.05) is 42.3 Å². The Kier molecular flexibility index (Phi) is 6.65. The maximum atomic E-state index is 12.0. The summed E-state index contributed by atoms with van der Waals surface area (Å²) >= 11 is 0. The van der Waals surface area contributed by atoms with E-state index in [1.165, 1.54) is 18.4 Å². The number of hydrogen-bond acceptors (Lipinski definition) is 4. The molecule has 164 valence electrons. The number of fused-ring (bicyclic) bond motifs is 3. The second kappa shape index (κ2) is 9.43. The second-order valence-corrected chi connectivity index (χ2v) is 8.23. The van der Waals surface area contributed by atoms with E-state index in [9.17, 15) is 4.79 Å². The maximum Gasteiger partial charge on any atom is 0.152 e. The lowest BCUT2D eigenvalue weighted by atomic mass is 9.94. The minimum Gasteiger partial charge on any atom is -0.494 e. The molecule has 1 saturated heterocycles. The lowest BCUT2D eigenvalue weighted by molar-refractivity contribution is 0.0478. The smallest absolute Gasteiger partial charge is 0.152 e. The number of aldehydes is 1. The molecule has 0 bridgehead atoms. The number of nitrogens with zero attached hydrogens (tertiary/aromatic N) is 2. The first-order valence-electron chi connectivity index (χ1n) is 11.1. The number of ether oxygens (including phenoxy) is 1. The topological polar surface area (TPSA) is 46.5 Å². The first-order chi connectivity index (χ1) is 14.8. The Morgan fingerprint density at radius 2 is 2.03 bits per heavy atom. The molecule has 1 N–H and O–H groups in total. The van der Waals surface area contributed by atoms with Crippen molar-refractivity contribution in [3.63, 3.8) is 0 Å². The number of rotatable bonds is 5. The van der Waals surface area contributed by atoms with Gasteiger partial charge >= 0.3 is 0 Å². The molecular weight excluding hydrogens is 410 g/mol. The number of piperidine rings is 1. The number of para-hydroxylation sites is 1. The molecule has 0 aliphatic carbocycles. The Morgan fingerprint density at radius 3 is 2.87 bits per heavy atom. The van der Waals surface area contributed by atoms with Crippen LogP contribution in [0.2, 0.25) is 0 Å². The zero-order valence-electron chi connectivity index (χ0n) is 17.9. The summed E-state index contributed by atoms with van der Waals surface area (Å²) in [5.74, 6) is 0.942. The number of hydrogen-bond donors (Lipinski definition) is 1. The molecule has 0 spiro atoms. The minimum atomic E-state index is 0. The molecule has 0 amide bonds. The van der Waals surface area contributed by atoms with Crippen molar-refractivity contribution < 1.29 is 9.53 Å². The first kappa shape index (κ1) is 21.9. The van der Waals surface area contributed by atoms with Crippen LogP contribution in [0.3, 0.4) is 0 Å². The predicted octanol–water partition coefficient (Wildman–Crippen LogP) is 5.10. The quantitative estimate of drug-likeness (QED) is 0.561. The van der Waals surface area contributed by atoms with E-state index in [-0.39, 0.29) is 18.6 Å². The van der Waals surface area contributed by atoms with Crippen molar-refractivity contribution in [2.45, 2.75) is 44.9 Å². The van der Waals surface area contributed by atoms with Gasteiger partial charge in [0.1, 0.15) is 5.75 Å². The van der Waals surface area contributed by atoms with E-state index in [1.807, 2.05) is 19.1 Å². The summed E-state index contributed by atoms with van der Waals surface area (Å²) in [6.45, 7) is 5.37.